The number of rotatable bonds is 7. The minimum atomic E-state index is -1.23. The van der Waals surface area contributed by atoms with E-state index in [0.717, 1.165) is 38.1 Å². The van der Waals surface area contributed by atoms with E-state index in [0.29, 0.717) is 24.4 Å². The second-order valence-electron chi connectivity index (χ2n) is 9.62. The first kappa shape index (κ1) is 26.6. The molecule has 3 amide bonds. The van der Waals surface area contributed by atoms with Crippen LogP contribution in [-0.4, -0.2) is 74.8 Å². The van der Waals surface area contributed by atoms with E-state index < -0.39 is 24.1 Å². The van der Waals surface area contributed by atoms with Crippen molar-refractivity contribution >= 4 is 34.4 Å². The van der Waals surface area contributed by atoms with Crippen molar-refractivity contribution in [3.8, 4) is 17.1 Å². The van der Waals surface area contributed by atoms with Crippen LogP contribution in [0.4, 0.5) is 10.5 Å². The number of nitrogens with zero attached hydrogens (tertiary/aromatic N) is 5. The van der Waals surface area contributed by atoms with Gasteiger partial charge < -0.3 is 20.1 Å². The first-order valence-electron chi connectivity index (χ1n) is 12.8. The van der Waals surface area contributed by atoms with Gasteiger partial charge in [-0.15, -0.1) is 5.10 Å². The summed E-state index contributed by atoms with van der Waals surface area (Å²) in [6.07, 6.45) is -0.300. The number of carbonyl (C=O) groups excluding carboxylic acids is 2. The van der Waals surface area contributed by atoms with Gasteiger partial charge in [0.1, 0.15) is 17.8 Å². The minimum Gasteiger partial charge on any atom is -0.496 e. The number of aromatic nitrogens is 4. The smallest absolute Gasteiger partial charge is 0.407 e. The molecule has 0 spiro atoms. The Morgan fingerprint density at radius 2 is 1.98 bits per heavy atom. The van der Waals surface area contributed by atoms with E-state index in [1.54, 1.807) is 12.0 Å². The van der Waals surface area contributed by atoms with Crippen molar-refractivity contribution in [3.63, 3.8) is 0 Å². The van der Waals surface area contributed by atoms with Crippen LogP contribution in [0.25, 0.3) is 22.2 Å². The SMILES string of the molecule is COc1ccc2c(-c3nnn[nH]3)cccc2c1CN1C(=O)[C@@H](NC(=O)[C@H](C)N(C)C(=O)O)CCc2ccccc21. The summed E-state index contributed by atoms with van der Waals surface area (Å²) in [4.78, 5) is 41.0. The van der Waals surface area contributed by atoms with Crippen molar-refractivity contribution in [1.82, 2.24) is 30.8 Å². The third kappa shape index (κ3) is 4.91. The van der Waals surface area contributed by atoms with Crippen molar-refractivity contribution in [2.24, 2.45) is 0 Å². The van der Waals surface area contributed by atoms with Crippen LogP contribution in [0.1, 0.15) is 24.5 Å². The molecule has 2 atom stereocenters. The van der Waals surface area contributed by atoms with Crippen LogP contribution in [0, 0.1) is 0 Å². The summed E-state index contributed by atoms with van der Waals surface area (Å²) in [5.41, 5.74) is 3.30. The van der Waals surface area contributed by atoms with Crippen LogP contribution in [0.15, 0.2) is 54.6 Å². The zero-order valence-electron chi connectivity index (χ0n) is 22.3. The molecule has 1 aliphatic rings. The highest BCUT2D eigenvalue weighted by molar-refractivity contribution is 6.03. The average Bonchev–Trinajstić information content (AvgIpc) is 3.47. The van der Waals surface area contributed by atoms with Gasteiger partial charge in [0, 0.05) is 23.9 Å². The molecule has 12 nitrogen and oxygen atoms in total. The fraction of sp³-hybridized carbons (Fsp3) is 0.286. The van der Waals surface area contributed by atoms with E-state index in [1.807, 2.05) is 54.6 Å². The number of amides is 3. The lowest BCUT2D eigenvalue weighted by molar-refractivity contribution is -0.130. The third-order valence-corrected chi connectivity index (χ3v) is 7.39. The van der Waals surface area contributed by atoms with E-state index in [-0.39, 0.29) is 12.5 Å². The maximum atomic E-state index is 14.1. The van der Waals surface area contributed by atoms with Crippen molar-refractivity contribution in [2.75, 3.05) is 19.1 Å². The third-order valence-electron chi connectivity index (χ3n) is 7.39. The number of hydrogen-bond donors (Lipinski definition) is 3. The van der Waals surface area contributed by atoms with Gasteiger partial charge in [-0.05, 0) is 64.7 Å². The van der Waals surface area contributed by atoms with Crippen LogP contribution >= 0.6 is 0 Å². The Bertz CT molecular complexity index is 1570. The highest BCUT2D eigenvalue weighted by atomic mass is 16.5. The fourth-order valence-corrected chi connectivity index (χ4v) is 5.04. The van der Waals surface area contributed by atoms with Crippen LogP contribution in [-0.2, 0) is 22.6 Å². The first-order chi connectivity index (χ1) is 19.3. The molecule has 5 rings (SSSR count). The number of carboxylic acid groups (broad SMARTS) is 1. The average molecular weight is 544 g/mol. The van der Waals surface area contributed by atoms with Gasteiger partial charge in [-0.1, -0.05) is 36.4 Å². The highest BCUT2D eigenvalue weighted by Gasteiger charge is 2.34. The molecule has 3 N–H and O–H groups in total. The van der Waals surface area contributed by atoms with E-state index in [9.17, 15) is 19.5 Å². The predicted molar refractivity (Wildman–Crippen MR) is 147 cm³/mol. The van der Waals surface area contributed by atoms with Crippen LogP contribution < -0.4 is 15.0 Å². The molecule has 1 aromatic heterocycles. The van der Waals surface area contributed by atoms with E-state index in [1.165, 1.54) is 14.0 Å². The summed E-state index contributed by atoms with van der Waals surface area (Å²) >= 11 is 0. The quantitative estimate of drug-likeness (QED) is 0.322. The number of para-hydroxylation sites is 1. The summed E-state index contributed by atoms with van der Waals surface area (Å²) in [6.45, 7) is 1.66. The summed E-state index contributed by atoms with van der Waals surface area (Å²) in [5, 5.41) is 28.1. The number of likely N-dealkylation sites (N-methyl/N-ethyl adjacent to an activating group) is 1. The Kier molecular flexibility index (Phi) is 7.32. The Balaban J connectivity index is 1.55. The van der Waals surface area contributed by atoms with Crippen LogP contribution in [0.3, 0.4) is 0 Å². The minimum absolute atomic E-state index is 0.172. The molecule has 0 unspecified atom stereocenters. The Hall–Kier alpha value is -5.00. The second kappa shape index (κ2) is 11.0. The van der Waals surface area contributed by atoms with Gasteiger partial charge in [-0.25, -0.2) is 9.89 Å². The van der Waals surface area contributed by atoms with Gasteiger partial charge >= 0.3 is 6.09 Å². The van der Waals surface area contributed by atoms with Gasteiger partial charge in [0.2, 0.25) is 11.8 Å². The number of H-pyrrole nitrogens is 1. The van der Waals surface area contributed by atoms with E-state index in [2.05, 4.69) is 25.9 Å². The summed E-state index contributed by atoms with van der Waals surface area (Å²) in [6, 6.07) is 15.4. The zero-order chi connectivity index (χ0) is 28.4. The normalized spacial score (nSPS) is 15.7. The molecule has 40 heavy (non-hydrogen) atoms. The molecule has 2 heterocycles. The topological polar surface area (TPSA) is 154 Å². The van der Waals surface area contributed by atoms with Crippen molar-refractivity contribution in [1.29, 1.82) is 0 Å². The molecule has 1 aliphatic heterocycles. The van der Waals surface area contributed by atoms with Gasteiger partial charge in [0.15, 0.2) is 5.82 Å². The van der Waals surface area contributed by atoms with Crippen LogP contribution in [0.5, 0.6) is 5.75 Å². The van der Waals surface area contributed by atoms with Gasteiger partial charge in [-0.2, -0.15) is 0 Å². The highest BCUT2D eigenvalue weighted by Crippen LogP contribution is 2.36. The number of benzene rings is 3. The molecule has 0 bridgehead atoms. The molecule has 12 heteroatoms. The molecule has 4 aromatic rings. The van der Waals surface area contributed by atoms with Gasteiger partial charge in [0.25, 0.3) is 0 Å². The molecule has 206 valence electrons. The summed E-state index contributed by atoms with van der Waals surface area (Å²) in [5.74, 6) is 0.286. The van der Waals surface area contributed by atoms with Gasteiger partial charge in [-0.3, -0.25) is 14.5 Å². The molecule has 3 aromatic carbocycles. The predicted octanol–water partition coefficient (Wildman–Crippen LogP) is 2.99. The molecular formula is C28H29N7O5. The Morgan fingerprint density at radius 1 is 1.18 bits per heavy atom. The number of fused-ring (bicyclic) bond motifs is 2. The fourth-order valence-electron chi connectivity index (χ4n) is 5.04. The number of nitrogens with one attached hydrogen (secondary N) is 2. The number of anilines is 1. The van der Waals surface area contributed by atoms with Crippen molar-refractivity contribution in [2.45, 2.75) is 38.4 Å². The Morgan fingerprint density at radius 3 is 2.70 bits per heavy atom. The molecule has 0 saturated heterocycles. The number of tetrazole rings is 1. The summed E-state index contributed by atoms with van der Waals surface area (Å²) in [7, 11) is 2.90. The maximum Gasteiger partial charge on any atom is 0.407 e. The lowest BCUT2D eigenvalue weighted by Crippen LogP contribution is -2.53. The molecular weight excluding hydrogens is 514 g/mol. The van der Waals surface area contributed by atoms with E-state index in [4.69, 9.17) is 4.74 Å². The zero-order valence-corrected chi connectivity index (χ0v) is 22.3. The summed E-state index contributed by atoms with van der Waals surface area (Å²) < 4.78 is 5.73. The number of ether oxygens (including phenoxy) is 1. The largest absolute Gasteiger partial charge is 0.496 e. The molecule has 0 aliphatic carbocycles. The maximum absolute atomic E-state index is 14.1. The number of methoxy groups -OCH3 is 1. The second-order valence-corrected chi connectivity index (χ2v) is 9.62. The lowest BCUT2D eigenvalue weighted by atomic mass is 9.98. The molecule has 0 radical (unpaired) electrons. The number of aryl methyl sites for hydroxylation is 1. The number of hydrogen-bond acceptors (Lipinski definition) is 7. The standard InChI is InChI=1S/C28H29N7O5/c1-16(34(2)28(38)39)26(36)29-22-13-11-17-7-4-5-10-23(17)35(27(22)37)15-21-18-8-6-9-20(25-30-32-33-31-25)19(18)12-14-24(21)40-3/h4-10,12,14,16,22H,11,13,15H2,1-3H3,(H,29,36)(H,38,39)(H,30,31,32,33)/t16-,22-/m0/s1. The monoisotopic (exact) mass is 543 g/mol. The van der Waals surface area contributed by atoms with Crippen molar-refractivity contribution in [3.05, 3.63) is 65.7 Å². The Labute approximate surface area is 229 Å². The van der Waals surface area contributed by atoms with Gasteiger partial charge in [0.05, 0.1) is 13.7 Å². The number of aromatic amines is 1. The van der Waals surface area contributed by atoms with Crippen LogP contribution in [0.2, 0.25) is 0 Å². The van der Waals surface area contributed by atoms with E-state index >= 15 is 0 Å². The lowest BCUT2D eigenvalue weighted by Gasteiger charge is -2.29. The molecule has 0 saturated carbocycles. The molecule has 0 fully saturated rings. The van der Waals surface area contributed by atoms with Crippen molar-refractivity contribution < 1.29 is 24.2 Å². The number of carbonyl (C=O) groups is 3. The first-order valence-corrected chi connectivity index (χ1v) is 12.8.